The first-order chi connectivity index (χ1) is 13.0. The van der Waals surface area contributed by atoms with Gasteiger partial charge in [0.1, 0.15) is 11.4 Å². The van der Waals surface area contributed by atoms with E-state index in [1.165, 1.54) is 17.5 Å². The molecule has 0 aromatic heterocycles. The molecule has 1 aromatic rings. The standard InChI is InChI=1S/C25H28O2/c1-24-13-11-21-20-9-7-19(26)16-18(20)6-8-22(21)23(24)12-15-25(24,27)14-10-17-4-2-3-5-17/h2-4,7,9,16,21-23,26-27H,5-6,8,11-13,15H2,1H3/t21-,22-,23+,24+,25+/m1/s1. The number of aliphatic hydroxyl groups is 1. The zero-order chi connectivity index (χ0) is 18.6. The summed E-state index contributed by atoms with van der Waals surface area (Å²) in [7, 11) is 0. The Labute approximate surface area is 162 Å². The molecule has 0 amide bonds. The maximum atomic E-state index is 11.6. The van der Waals surface area contributed by atoms with Gasteiger partial charge in [-0.2, -0.15) is 0 Å². The van der Waals surface area contributed by atoms with Crippen molar-refractivity contribution in [2.45, 2.75) is 63.4 Å². The molecule has 0 spiro atoms. The Bertz CT molecular complexity index is 899. The number of benzene rings is 1. The van der Waals surface area contributed by atoms with E-state index in [-0.39, 0.29) is 5.41 Å². The van der Waals surface area contributed by atoms with Gasteiger partial charge in [-0.05, 0) is 86.0 Å². The number of aryl methyl sites for hydroxylation is 1. The quantitative estimate of drug-likeness (QED) is 0.648. The molecular formula is C25H28O2. The predicted octanol–water partition coefficient (Wildman–Crippen LogP) is 4.87. The van der Waals surface area contributed by atoms with Crippen molar-refractivity contribution in [3.8, 4) is 17.6 Å². The van der Waals surface area contributed by atoms with Crippen molar-refractivity contribution in [3.05, 3.63) is 53.1 Å². The monoisotopic (exact) mass is 360 g/mol. The minimum atomic E-state index is -0.860. The highest BCUT2D eigenvalue weighted by Crippen LogP contribution is 2.64. The molecule has 0 unspecified atom stereocenters. The molecule has 5 atom stereocenters. The van der Waals surface area contributed by atoms with E-state index in [1.807, 2.05) is 12.1 Å². The van der Waals surface area contributed by atoms with Gasteiger partial charge in [0, 0.05) is 11.0 Å². The number of aromatic hydroxyl groups is 1. The van der Waals surface area contributed by atoms with Crippen molar-refractivity contribution in [1.82, 2.24) is 0 Å². The summed E-state index contributed by atoms with van der Waals surface area (Å²) in [5, 5.41) is 21.4. The second kappa shape index (κ2) is 6.01. The van der Waals surface area contributed by atoms with E-state index in [1.54, 1.807) is 0 Å². The number of allylic oxidation sites excluding steroid dienone is 4. The summed E-state index contributed by atoms with van der Waals surface area (Å²) in [6.07, 6.45) is 13.4. The van der Waals surface area contributed by atoms with Gasteiger partial charge in [0.15, 0.2) is 0 Å². The summed E-state index contributed by atoms with van der Waals surface area (Å²) in [4.78, 5) is 0. The van der Waals surface area contributed by atoms with Crippen molar-refractivity contribution >= 4 is 0 Å². The summed E-state index contributed by atoms with van der Waals surface area (Å²) in [5.41, 5.74) is 2.92. The number of hydrogen-bond donors (Lipinski definition) is 2. The molecule has 2 N–H and O–H groups in total. The highest BCUT2D eigenvalue weighted by Gasteiger charge is 2.61. The Morgan fingerprint density at radius 1 is 1.15 bits per heavy atom. The molecule has 2 fully saturated rings. The van der Waals surface area contributed by atoms with Crippen LogP contribution in [0.25, 0.3) is 0 Å². The Morgan fingerprint density at radius 2 is 2.04 bits per heavy atom. The lowest BCUT2D eigenvalue weighted by Crippen LogP contribution is -2.50. The first-order valence-corrected chi connectivity index (χ1v) is 10.4. The SMILES string of the molecule is C[C@]12CC[C@@H]3c4ccc(O)cc4CC[C@H]3[C@@H]1CC[C@@]2(O)C#CC1=CC=CC1. The normalized spacial score (nSPS) is 39.0. The fraction of sp³-hybridized carbons (Fsp3) is 0.520. The van der Waals surface area contributed by atoms with Crippen molar-refractivity contribution in [2.24, 2.45) is 17.3 Å². The second-order valence-corrected chi connectivity index (χ2v) is 9.23. The van der Waals surface area contributed by atoms with Gasteiger partial charge in [0.2, 0.25) is 0 Å². The second-order valence-electron chi connectivity index (χ2n) is 9.23. The van der Waals surface area contributed by atoms with Crippen LogP contribution >= 0.6 is 0 Å². The van der Waals surface area contributed by atoms with Crippen molar-refractivity contribution in [2.75, 3.05) is 0 Å². The number of phenols is 1. The molecule has 4 aliphatic carbocycles. The maximum absolute atomic E-state index is 11.6. The summed E-state index contributed by atoms with van der Waals surface area (Å²) in [5.74, 6) is 8.73. The third-order valence-corrected chi connectivity index (χ3v) is 8.06. The van der Waals surface area contributed by atoms with Crippen LogP contribution in [0.1, 0.15) is 62.5 Å². The van der Waals surface area contributed by atoms with Crippen LogP contribution in [-0.4, -0.2) is 15.8 Å². The smallest absolute Gasteiger partial charge is 0.131 e. The number of phenolic OH excluding ortho intramolecular Hbond substituents is 1. The average Bonchev–Trinajstić information content (AvgIpc) is 3.26. The molecule has 140 valence electrons. The molecule has 0 heterocycles. The fourth-order valence-corrected chi connectivity index (χ4v) is 6.51. The van der Waals surface area contributed by atoms with Crippen molar-refractivity contribution < 1.29 is 10.2 Å². The number of fused-ring (bicyclic) bond motifs is 5. The minimum absolute atomic E-state index is 0.109. The van der Waals surface area contributed by atoms with E-state index in [4.69, 9.17) is 0 Å². The van der Waals surface area contributed by atoms with E-state index < -0.39 is 5.60 Å². The summed E-state index contributed by atoms with van der Waals surface area (Å²) in [6, 6.07) is 5.94. The first-order valence-electron chi connectivity index (χ1n) is 10.4. The van der Waals surface area contributed by atoms with Gasteiger partial charge in [-0.25, -0.2) is 0 Å². The van der Waals surface area contributed by atoms with Gasteiger partial charge in [0.05, 0.1) is 0 Å². The molecule has 4 aliphatic rings. The van der Waals surface area contributed by atoms with E-state index in [0.29, 0.717) is 23.5 Å². The Kier molecular flexibility index (Phi) is 3.82. The molecular weight excluding hydrogens is 332 g/mol. The zero-order valence-corrected chi connectivity index (χ0v) is 16.0. The van der Waals surface area contributed by atoms with Crippen LogP contribution in [0.15, 0.2) is 42.0 Å². The lowest BCUT2D eigenvalue weighted by Gasteiger charge is -2.52. The number of rotatable bonds is 0. The zero-order valence-electron chi connectivity index (χ0n) is 16.0. The van der Waals surface area contributed by atoms with Crippen LogP contribution in [-0.2, 0) is 6.42 Å². The molecule has 27 heavy (non-hydrogen) atoms. The fourth-order valence-electron chi connectivity index (χ4n) is 6.51. The molecule has 2 saturated carbocycles. The molecule has 2 nitrogen and oxygen atoms in total. The maximum Gasteiger partial charge on any atom is 0.131 e. The van der Waals surface area contributed by atoms with Gasteiger partial charge < -0.3 is 10.2 Å². The van der Waals surface area contributed by atoms with Crippen LogP contribution < -0.4 is 0 Å². The average molecular weight is 360 g/mol. The van der Waals surface area contributed by atoms with E-state index >= 15 is 0 Å². The summed E-state index contributed by atoms with van der Waals surface area (Å²) < 4.78 is 0. The van der Waals surface area contributed by atoms with Crippen LogP contribution in [0.2, 0.25) is 0 Å². The van der Waals surface area contributed by atoms with Gasteiger partial charge in [-0.15, -0.1) is 0 Å². The molecule has 5 rings (SSSR count). The first kappa shape index (κ1) is 17.1. The van der Waals surface area contributed by atoms with Crippen LogP contribution in [0.3, 0.4) is 0 Å². The van der Waals surface area contributed by atoms with Crippen LogP contribution in [0, 0.1) is 29.1 Å². The minimum Gasteiger partial charge on any atom is -0.508 e. The molecule has 0 bridgehead atoms. The molecule has 0 aliphatic heterocycles. The third-order valence-electron chi connectivity index (χ3n) is 8.06. The lowest BCUT2D eigenvalue weighted by molar-refractivity contribution is -0.0647. The Morgan fingerprint density at radius 3 is 2.85 bits per heavy atom. The lowest BCUT2D eigenvalue weighted by atomic mass is 9.53. The highest BCUT2D eigenvalue weighted by atomic mass is 16.3. The van der Waals surface area contributed by atoms with Gasteiger partial charge in [-0.3, -0.25) is 0 Å². The molecule has 0 radical (unpaired) electrons. The van der Waals surface area contributed by atoms with E-state index in [0.717, 1.165) is 44.1 Å². The van der Waals surface area contributed by atoms with Gasteiger partial charge in [-0.1, -0.05) is 43.1 Å². The van der Waals surface area contributed by atoms with Crippen LogP contribution in [0.5, 0.6) is 5.75 Å². The summed E-state index contributed by atoms with van der Waals surface area (Å²) >= 11 is 0. The largest absolute Gasteiger partial charge is 0.508 e. The third kappa shape index (κ3) is 2.52. The molecule has 0 saturated heterocycles. The topological polar surface area (TPSA) is 40.5 Å². The van der Waals surface area contributed by atoms with E-state index in [2.05, 4.69) is 43.1 Å². The molecule has 2 heteroatoms. The molecule has 1 aromatic carbocycles. The Balaban J connectivity index is 1.45. The van der Waals surface area contributed by atoms with Gasteiger partial charge >= 0.3 is 0 Å². The Hall–Kier alpha value is -1.98. The number of hydrogen-bond acceptors (Lipinski definition) is 2. The predicted molar refractivity (Wildman–Crippen MR) is 107 cm³/mol. The van der Waals surface area contributed by atoms with Crippen molar-refractivity contribution in [3.63, 3.8) is 0 Å². The summed E-state index contributed by atoms with van der Waals surface area (Å²) in [6.45, 7) is 2.29. The van der Waals surface area contributed by atoms with Crippen LogP contribution in [0.4, 0.5) is 0 Å². The van der Waals surface area contributed by atoms with Crippen molar-refractivity contribution in [1.29, 1.82) is 0 Å². The van der Waals surface area contributed by atoms with E-state index in [9.17, 15) is 10.2 Å². The van der Waals surface area contributed by atoms with Gasteiger partial charge in [0.25, 0.3) is 0 Å². The highest BCUT2D eigenvalue weighted by molar-refractivity contribution is 5.43.